The van der Waals surface area contributed by atoms with E-state index in [1.807, 2.05) is 32.0 Å². The number of aliphatic hydroxyl groups excluding tert-OH is 1. The Hall–Kier alpha value is -1.42. The largest absolute Gasteiger partial charge is 0.490 e. The molecule has 2 atom stereocenters. The second-order valence-corrected chi connectivity index (χ2v) is 5.48. The SMILES string of the molecule is CCOc1ccc(NC2CCCCCC2O)cc1OCC. The highest BCUT2D eigenvalue weighted by Gasteiger charge is 2.21. The lowest BCUT2D eigenvalue weighted by Crippen LogP contribution is -2.32. The summed E-state index contributed by atoms with van der Waals surface area (Å²) in [5.41, 5.74) is 0.979. The van der Waals surface area contributed by atoms with E-state index in [1.54, 1.807) is 0 Å². The first-order valence-corrected chi connectivity index (χ1v) is 8.08. The van der Waals surface area contributed by atoms with E-state index in [4.69, 9.17) is 9.47 Å². The third-order valence-corrected chi connectivity index (χ3v) is 3.87. The Morgan fingerprint density at radius 3 is 2.52 bits per heavy atom. The Kier molecular flexibility index (Phi) is 6.18. The summed E-state index contributed by atoms with van der Waals surface area (Å²) >= 11 is 0. The zero-order valence-electron chi connectivity index (χ0n) is 13.1. The van der Waals surface area contributed by atoms with Gasteiger partial charge in [-0.2, -0.15) is 0 Å². The maximum absolute atomic E-state index is 10.2. The van der Waals surface area contributed by atoms with Crippen molar-refractivity contribution in [2.24, 2.45) is 0 Å². The zero-order valence-corrected chi connectivity index (χ0v) is 13.1. The van der Waals surface area contributed by atoms with Crippen molar-refractivity contribution < 1.29 is 14.6 Å². The highest BCUT2D eigenvalue weighted by molar-refractivity contribution is 5.55. The standard InChI is InChI=1S/C17H27NO3/c1-3-20-16-11-10-13(12-17(16)21-4-2)18-14-8-6-5-7-9-15(14)19/h10-12,14-15,18-19H,3-9H2,1-2H3. The van der Waals surface area contributed by atoms with E-state index in [-0.39, 0.29) is 12.1 Å². The number of anilines is 1. The summed E-state index contributed by atoms with van der Waals surface area (Å²) < 4.78 is 11.2. The summed E-state index contributed by atoms with van der Waals surface area (Å²) in [4.78, 5) is 0. The molecule has 0 saturated heterocycles. The van der Waals surface area contributed by atoms with Gasteiger partial charge in [-0.15, -0.1) is 0 Å². The highest BCUT2D eigenvalue weighted by atomic mass is 16.5. The first kappa shape index (κ1) is 16.0. The average molecular weight is 293 g/mol. The van der Waals surface area contributed by atoms with Crippen molar-refractivity contribution in [2.45, 2.75) is 58.1 Å². The van der Waals surface area contributed by atoms with Gasteiger partial charge in [0.25, 0.3) is 0 Å². The molecule has 0 spiro atoms. The second kappa shape index (κ2) is 8.13. The van der Waals surface area contributed by atoms with Gasteiger partial charge >= 0.3 is 0 Å². The van der Waals surface area contributed by atoms with Gasteiger partial charge in [0.2, 0.25) is 0 Å². The molecule has 0 radical (unpaired) electrons. The Morgan fingerprint density at radius 1 is 1.05 bits per heavy atom. The van der Waals surface area contributed by atoms with E-state index >= 15 is 0 Å². The first-order chi connectivity index (χ1) is 10.2. The van der Waals surface area contributed by atoms with Crippen LogP contribution in [0.1, 0.15) is 46.0 Å². The fourth-order valence-corrected chi connectivity index (χ4v) is 2.81. The van der Waals surface area contributed by atoms with E-state index in [2.05, 4.69) is 5.32 Å². The van der Waals surface area contributed by atoms with Gasteiger partial charge in [-0.3, -0.25) is 0 Å². The van der Waals surface area contributed by atoms with Gasteiger partial charge in [0.15, 0.2) is 11.5 Å². The minimum Gasteiger partial charge on any atom is -0.490 e. The molecule has 1 aromatic carbocycles. The summed E-state index contributed by atoms with van der Waals surface area (Å²) in [6, 6.07) is 6.01. The summed E-state index contributed by atoms with van der Waals surface area (Å²) in [6.07, 6.45) is 5.12. The molecular formula is C17H27NO3. The van der Waals surface area contributed by atoms with Crippen LogP contribution in [0, 0.1) is 0 Å². The molecule has 0 amide bonds. The van der Waals surface area contributed by atoms with Crippen LogP contribution in [-0.2, 0) is 0 Å². The van der Waals surface area contributed by atoms with E-state index in [0.29, 0.717) is 13.2 Å². The number of ether oxygens (including phenoxy) is 2. The normalized spacial score (nSPS) is 22.4. The van der Waals surface area contributed by atoms with Crippen LogP contribution >= 0.6 is 0 Å². The van der Waals surface area contributed by atoms with Gasteiger partial charge in [0.1, 0.15) is 0 Å². The second-order valence-electron chi connectivity index (χ2n) is 5.48. The molecule has 2 unspecified atom stereocenters. The van der Waals surface area contributed by atoms with Gasteiger partial charge in [0.05, 0.1) is 25.4 Å². The molecule has 0 aromatic heterocycles. The molecule has 4 nitrogen and oxygen atoms in total. The quantitative estimate of drug-likeness (QED) is 0.787. The van der Waals surface area contributed by atoms with Gasteiger partial charge < -0.3 is 19.9 Å². The van der Waals surface area contributed by atoms with Crippen molar-refractivity contribution in [3.8, 4) is 11.5 Å². The van der Waals surface area contributed by atoms with E-state index in [9.17, 15) is 5.11 Å². The van der Waals surface area contributed by atoms with Crippen LogP contribution in [0.2, 0.25) is 0 Å². The molecule has 0 bridgehead atoms. The molecule has 1 fully saturated rings. The smallest absolute Gasteiger partial charge is 0.163 e. The van der Waals surface area contributed by atoms with Crippen LogP contribution in [0.5, 0.6) is 11.5 Å². The minimum atomic E-state index is -0.269. The summed E-state index contributed by atoms with van der Waals surface area (Å²) in [6.45, 7) is 5.15. The van der Waals surface area contributed by atoms with Gasteiger partial charge in [-0.1, -0.05) is 19.3 Å². The van der Waals surface area contributed by atoms with Crippen LogP contribution in [0.25, 0.3) is 0 Å². The van der Waals surface area contributed by atoms with Crippen LogP contribution in [0.3, 0.4) is 0 Å². The van der Waals surface area contributed by atoms with E-state index in [0.717, 1.165) is 36.4 Å². The zero-order chi connectivity index (χ0) is 15.1. The molecule has 2 N–H and O–H groups in total. The summed E-state index contributed by atoms with van der Waals surface area (Å²) in [5.74, 6) is 1.53. The molecule has 4 heteroatoms. The number of hydrogen-bond donors (Lipinski definition) is 2. The molecule has 1 aliphatic carbocycles. The summed E-state index contributed by atoms with van der Waals surface area (Å²) in [5, 5.41) is 13.7. The van der Waals surface area contributed by atoms with Crippen molar-refractivity contribution in [2.75, 3.05) is 18.5 Å². The fourth-order valence-electron chi connectivity index (χ4n) is 2.81. The van der Waals surface area contributed by atoms with Gasteiger partial charge in [-0.05, 0) is 38.8 Å². The molecule has 1 saturated carbocycles. The predicted octanol–water partition coefficient (Wildman–Crippen LogP) is 3.59. The van der Waals surface area contributed by atoms with E-state index < -0.39 is 0 Å². The van der Waals surface area contributed by atoms with Crippen molar-refractivity contribution in [3.63, 3.8) is 0 Å². The van der Waals surface area contributed by atoms with Crippen molar-refractivity contribution in [3.05, 3.63) is 18.2 Å². The van der Waals surface area contributed by atoms with E-state index in [1.165, 1.54) is 12.8 Å². The molecule has 0 heterocycles. The van der Waals surface area contributed by atoms with Crippen molar-refractivity contribution in [1.29, 1.82) is 0 Å². The lowest BCUT2D eigenvalue weighted by Gasteiger charge is -2.23. The lowest BCUT2D eigenvalue weighted by molar-refractivity contribution is 0.144. The van der Waals surface area contributed by atoms with Crippen LogP contribution in [-0.4, -0.2) is 30.5 Å². The van der Waals surface area contributed by atoms with Gasteiger partial charge in [-0.25, -0.2) is 0 Å². The Morgan fingerprint density at radius 2 is 1.76 bits per heavy atom. The molecule has 2 rings (SSSR count). The Bertz CT molecular complexity index is 436. The fraction of sp³-hybridized carbons (Fsp3) is 0.647. The maximum Gasteiger partial charge on any atom is 0.163 e. The average Bonchev–Trinajstić information content (AvgIpc) is 2.67. The van der Waals surface area contributed by atoms with Crippen molar-refractivity contribution >= 4 is 5.69 Å². The minimum absolute atomic E-state index is 0.125. The van der Waals surface area contributed by atoms with Crippen LogP contribution in [0.4, 0.5) is 5.69 Å². The Labute approximate surface area is 127 Å². The monoisotopic (exact) mass is 293 g/mol. The molecule has 118 valence electrons. The third kappa shape index (κ3) is 4.53. The molecule has 1 aromatic rings. The lowest BCUT2D eigenvalue weighted by atomic mass is 10.1. The third-order valence-electron chi connectivity index (χ3n) is 3.87. The number of nitrogens with one attached hydrogen (secondary N) is 1. The topological polar surface area (TPSA) is 50.7 Å². The number of benzene rings is 1. The number of rotatable bonds is 6. The molecule has 21 heavy (non-hydrogen) atoms. The van der Waals surface area contributed by atoms with Crippen molar-refractivity contribution in [1.82, 2.24) is 0 Å². The molecule has 1 aliphatic rings. The maximum atomic E-state index is 10.2. The number of aliphatic hydroxyl groups is 1. The molecule has 0 aliphatic heterocycles. The predicted molar refractivity (Wildman–Crippen MR) is 85.3 cm³/mol. The number of hydrogen-bond acceptors (Lipinski definition) is 4. The highest BCUT2D eigenvalue weighted by Crippen LogP contribution is 2.32. The Balaban J connectivity index is 2.09. The first-order valence-electron chi connectivity index (χ1n) is 8.08. The van der Waals surface area contributed by atoms with Crippen LogP contribution < -0.4 is 14.8 Å². The van der Waals surface area contributed by atoms with Crippen LogP contribution in [0.15, 0.2) is 18.2 Å². The van der Waals surface area contributed by atoms with Gasteiger partial charge in [0, 0.05) is 11.8 Å². The molecular weight excluding hydrogens is 266 g/mol. The summed E-state index contributed by atoms with van der Waals surface area (Å²) in [7, 11) is 0.